The van der Waals surface area contributed by atoms with Gasteiger partial charge < -0.3 is 20.6 Å². The number of nitrogens with two attached hydrogens (primary N) is 1. The Balaban J connectivity index is 0.00000124. The van der Waals surface area contributed by atoms with Crippen molar-refractivity contribution in [3.05, 3.63) is 60.2 Å². The zero-order valence-corrected chi connectivity index (χ0v) is 23.1. The Labute approximate surface area is 221 Å². The van der Waals surface area contributed by atoms with Gasteiger partial charge in [0, 0.05) is 26.8 Å². The average Bonchev–Trinajstić information content (AvgIpc) is 3.40. The van der Waals surface area contributed by atoms with Crippen LogP contribution in [0.1, 0.15) is 58.1 Å². The van der Waals surface area contributed by atoms with Gasteiger partial charge in [-0.05, 0) is 42.0 Å². The second-order valence-electron chi connectivity index (χ2n) is 8.31. The summed E-state index contributed by atoms with van der Waals surface area (Å²) < 4.78 is 14.6. The first-order valence-electron chi connectivity index (χ1n) is 12.5. The van der Waals surface area contributed by atoms with Gasteiger partial charge in [-0.3, -0.25) is 4.79 Å². The van der Waals surface area contributed by atoms with Gasteiger partial charge in [0.15, 0.2) is 6.80 Å². The Hall–Kier alpha value is -3.64. The molecule has 0 aliphatic carbocycles. The number of hydrogen-bond acceptors (Lipinski definition) is 6. The van der Waals surface area contributed by atoms with E-state index in [4.69, 9.17) is 10.8 Å². The summed E-state index contributed by atoms with van der Waals surface area (Å²) in [6.07, 6.45) is 14.0. The smallest absolute Gasteiger partial charge is 0.241 e. The molecule has 0 fully saturated rings. The van der Waals surface area contributed by atoms with Gasteiger partial charge in [-0.15, -0.1) is 0 Å². The van der Waals surface area contributed by atoms with Crippen LogP contribution in [0.15, 0.2) is 49.1 Å². The highest BCUT2D eigenvalue weighted by atomic mass is 19.1. The monoisotopic (exact) mass is 514 g/mol. The van der Waals surface area contributed by atoms with Crippen LogP contribution >= 0.6 is 0 Å². The largest absolute Gasteiger partial charge is 0.461 e. The van der Waals surface area contributed by atoms with Gasteiger partial charge in [0.05, 0.1) is 12.1 Å². The molecule has 0 radical (unpaired) electrons. The predicted octanol–water partition coefficient (Wildman–Crippen LogP) is 4.53. The maximum absolute atomic E-state index is 13.0. The normalized spacial score (nSPS) is 11.3. The summed E-state index contributed by atoms with van der Waals surface area (Å²) in [4.78, 5) is 18.9. The van der Waals surface area contributed by atoms with Crippen molar-refractivity contribution in [1.82, 2.24) is 24.6 Å². The van der Waals surface area contributed by atoms with Crippen molar-refractivity contribution in [2.45, 2.75) is 59.4 Å². The Morgan fingerprint density at radius 3 is 2.30 bits per heavy atom. The number of aromatic nitrogens is 3. The second kappa shape index (κ2) is 20.5. The lowest BCUT2D eigenvalue weighted by Crippen LogP contribution is -2.44. The molecule has 9 heteroatoms. The van der Waals surface area contributed by atoms with Crippen LogP contribution in [-0.2, 0) is 11.2 Å². The summed E-state index contributed by atoms with van der Waals surface area (Å²) in [6.45, 7) is 7.81. The van der Waals surface area contributed by atoms with Crippen LogP contribution in [0.2, 0.25) is 0 Å². The molecule has 1 aromatic carbocycles. The molecule has 0 saturated carbocycles. The van der Waals surface area contributed by atoms with Crippen molar-refractivity contribution in [3.63, 3.8) is 0 Å². The van der Waals surface area contributed by atoms with E-state index >= 15 is 0 Å². The molecule has 3 N–H and O–H groups in total. The maximum atomic E-state index is 13.0. The zero-order valence-electron chi connectivity index (χ0n) is 23.1. The van der Waals surface area contributed by atoms with E-state index in [1.54, 1.807) is 36.1 Å². The SMILES string of the molecule is CC/C=C(\C=C/n1cncn1)c1ccc(C[C@H](N)C(=O)N(CF)CCC)cc1.CCC.CN(C)C#CO. The Kier molecular flexibility index (Phi) is 18.5. The number of nitrogens with zero attached hydrogens (tertiary/aromatic N) is 5. The molecule has 8 nitrogen and oxygen atoms in total. The molecule has 1 atom stereocenters. The lowest BCUT2D eigenvalue weighted by Gasteiger charge is -2.22. The molecule has 0 bridgehead atoms. The second-order valence-corrected chi connectivity index (χ2v) is 8.31. The molecule has 204 valence electrons. The van der Waals surface area contributed by atoms with Crippen LogP contribution in [0.25, 0.3) is 11.8 Å². The first-order valence-corrected chi connectivity index (χ1v) is 12.5. The number of alkyl halides is 1. The zero-order chi connectivity index (χ0) is 28.1. The summed E-state index contributed by atoms with van der Waals surface area (Å²) in [5, 5.41) is 11.9. The van der Waals surface area contributed by atoms with Gasteiger partial charge in [0.1, 0.15) is 18.8 Å². The summed E-state index contributed by atoms with van der Waals surface area (Å²) >= 11 is 0. The fourth-order valence-electron chi connectivity index (χ4n) is 2.96. The first kappa shape index (κ1) is 33.4. The fraction of sp³-hybridized carbons (Fsp3) is 0.464. The Bertz CT molecular complexity index is 976. The molecule has 1 heterocycles. The van der Waals surface area contributed by atoms with E-state index in [0.29, 0.717) is 19.4 Å². The topological polar surface area (TPSA) is 101 Å². The van der Waals surface area contributed by atoms with Gasteiger partial charge in [0.2, 0.25) is 5.91 Å². The van der Waals surface area contributed by atoms with Crippen LogP contribution in [0.3, 0.4) is 0 Å². The van der Waals surface area contributed by atoms with E-state index in [-0.39, 0.29) is 5.91 Å². The third-order valence-corrected chi connectivity index (χ3v) is 4.55. The molecular formula is C28H43FN6O2. The van der Waals surface area contributed by atoms with Crippen LogP contribution in [0.5, 0.6) is 0 Å². The highest BCUT2D eigenvalue weighted by Gasteiger charge is 2.20. The van der Waals surface area contributed by atoms with Crippen molar-refractivity contribution < 1.29 is 14.3 Å². The minimum Gasteiger partial charge on any atom is -0.461 e. The number of halogens is 1. The molecule has 2 rings (SSSR count). The van der Waals surface area contributed by atoms with E-state index in [2.05, 4.69) is 43.0 Å². The lowest BCUT2D eigenvalue weighted by atomic mass is 9.99. The number of benzene rings is 1. The van der Waals surface area contributed by atoms with Crippen molar-refractivity contribution in [3.8, 4) is 12.2 Å². The molecule has 0 unspecified atom stereocenters. The predicted molar refractivity (Wildman–Crippen MR) is 149 cm³/mol. The third kappa shape index (κ3) is 14.5. The van der Waals surface area contributed by atoms with Gasteiger partial charge >= 0.3 is 0 Å². The summed E-state index contributed by atoms with van der Waals surface area (Å²) in [6, 6.07) is 9.51. The number of aliphatic hydroxyl groups excluding tert-OH is 1. The molecule has 2 aromatic rings. The van der Waals surface area contributed by atoms with Crippen LogP contribution in [0, 0.1) is 12.2 Å². The number of allylic oxidation sites excluding steroid dienone is 3. The summed E-state index contributed by atoms with van der Waals surface area (Å²) in [7, 11) is 3.51. The van der Waals surface area contributed by atoms with Gasteiger partial charge in [-0.2, -0.15) is 5.10 Å². The minimum atomic E-state index is -0.803. The number of hydrogen-bond donors (Lipinski definition) is 2. The number of carbonyl (C=O) groups excluding carboxylic acids is 1. The van der Waals surface area contributed by atoms with Crippen molar-refractivity contribution in [2.75, 3.05) is 27.4 Å². The van der Waals surface area contributed by atoms with Crippen LogP contribution in [0.4, 0.5) is 4.39 Å². The van der Waals surface area contributed by atoms with Gasteiger partial charge in [0.25, 0.3) is 0 Å². The summed E-state index contributed by atoms with van der Waals surface area (Å²) in [5.41, 5.74) is 9.07. The maximum Gasteiger partial charge on any atom is 0.241 e. The van der Waals surface area contributed by atoms with Crippen molar-refractivity contribution >= 4 is 17.7 Å². The van der Waals surface area contributed by atoms with E-state index in [9.17, 15) is 9.18 Å². The number of aliphatic hydroxyl groups is 1. The highest BCUT2D eigenvalue weighted by molar-refractivity contribution is 5.82. The molecule has 0 saturated heterocycles. The minimum absolute atomic E-state index is 0.351. The highest BCUT2D eigenvalue weighted by Crippen LogP contribution is 2.19. The molecule has 1 amide bonds. The molecule has 0 aliphatic heterocycles. The first-order chi connectivity index (χ1) is 17.8. The number of rotatable bonds is 10. The molecule has 1 aromatic heterocycles. The summed E-state index contributed by atoms with van der Waals surface area (Å²) in [5.74, 6) is -0.351. The standard InChI is InChI=1S/C21H28FN5O.C4H7NO.C3H8/c1-3-5-18(10-12-27-16-24-15-25-27)19-8-6-17(7-9-19)13-20(23)21(28)26(14-22)11-4-2;1-5(2)3-4-6;1-3-2/h5-10,12,15-16,20H,3-4,11,13-14,23H2,1-2H3;6H,1-2H3;3H2,1-2H3/b12-10-,18-5+;;/t20-;;/m0../s1. The fourth-order valence-corrected chi connectivity index (χ4v) is 2.96. The van der Waals surface area contributed by atoms with Crippen LogP contribution in [-0.4, -0.2) is 69.1 Å². The van der Waals surface area contributed by atoms with Crippen LogP contribution < -0.4 is 5.73 Å². The van der Waals surface area contributed by atoms with E-state index in [1.165, 1.54) is 12.7 Å². The average molecular weight is 515 g/mol. The molecule has 0 aliphatic rings. The number of carbonyl (C=O) groups is 1. The lowest BCUT2D eigenvalue weighted by molar-refractivity contribution is -0.134. The van der Waals surface area contributed by atoms with Gasteiger partial charge in [-0.1, -0.05) is 64.5 Å². The van der Waals surface area contributed by atoms with Crippen molar-refractivity contribution in [1.29, 1.82) is 0 Å². The molecular weight excluding hydrogens is 471 g/mol. The molecule has 37 heavy (non-hydrogen) atoms. The van der Waals surface area contributed by atoms with E-state index in [0.717, 1.165) is 28.0 Å². The van der Waals surface area contributed by atoms with Crippen molar-refractivity contribution in [2.24, 2.45) is 5.73 Å². The quantitative estimate of drug-likeness (QED) is 0.209. The number of amides is 1. The van der Waals surface area contributed by atoms with Gasteiger partial charge in [-0.25, -0.2) is 14.1 Å². The van der Waals surface area contributed by atoms with E-state index < -0.39 is 12.8 Å². The third-order valence-electron chi connectivity index (χ3n) is 4.55. The Morgan fingerprint density at radius 2 is 1.86 bits per heavy atom. The molecule has 0 spiro atoms. The van der Waals surface area contributed by atoms with E-state index in [1.807, 2.05) is 43.5 Å². The Morgan fingerprint density at radius 1 is 1.22 bits per heavy atom.